The van der Waals surface area contributed by atoms with Crippen LogP contribution in [0, 0.1) is 0 Å². The summed E-state index contributed by atoms with van der Waals surface area (Å²) >= 11 is 0. The molecule has 2 N–H and O–H groups in total. The Hall–Kier alpha value is -1.06. The van der Waals surface area contributed by atoms with Gasteiger partial charge in [-0.1, -0.05) is 0 Å². The fourth-order valence-corrected chi connectivity index (χ4v) is 0.276. The van der Waals surface area contributed by atoms with E-state index in [1.807, 2.05) is 0 Å². The van der Waals surface area contributed by atoms with Crippen molar-refractivity contribution in [2.24, 2.45) is 0 Å². The second-order valence-electron chi connectivity index (χ2n) is 1.39. The number of hydrogen-bond acceptors (Lipinski definition) is 2. The minimum atomic E-state index is -2.16. The van der Waals surface area contributed by atoms with Crippen LogP contribution in [0.25, 0.3) is 0 Å². The molecule has 0 radical (unpaired) electrons. The van der Waals surface area contributed by atoms with Gasteiger partial charge in [-0.05, 0) is 6.37 Å². The highest BCUT2D eigenvalue weighted by molar-refractivity contribution is 5.69. The first-order chi connectivity index (χ1) is 4.83. The molecule has 0 aromatic rings. The van der Waals surface area contributed by atoms with Gasteiger partial charge in [0, 0.05) is 15.6 Å². The van der Waals surface area contributed by atoms with Crippen LogP contribution in [0.4, 0.5) is 0 Å². The van der Waals surface area contributed by atoms with Crippen molar-refractivity contribution in [2.45, 2.75) is 19.2 Å². The molecule has 0 fully saturated rings. The van der Waals surface area contributed by atoms with E-state index in [0.717, 1.165) is 0 Å². The lowest BCUT2D eigenvalue weighted by Gasteiger charge is -1.89. The van der Waals surface area contributed by atoms with Crippen molar-refractivity contribution in [1.82, 2.24) is 0 Å². The SMILES string of the molecule is [2H]C([2H])(CC(=O)O)CC(=O)O. The molecule has 0 aliphatic rings. The maximum atomic E-state index is 9.96. The van der Waals surface area contributed by atoms with Gasteiger partial charge in [-0.25, -0.2) is 0 Å². The molecule has 0 unspecified atom stereocenters. The van der Waals surface area contributed by atoms with Crippen LogP contribution in [-0.2, 0) is 9.59 Å². The lowest BCUT2D eigenvalue weighted by molar-refractivity contribution is -0.138. The normalized spacial score (nSPS) is 13.8. The highest BCUT2D eigenvalue weighted by atomic mass is 16.4. The zero-order valence-corrected chi connectivity index (χ0v) is 4.63. The molecule has 9 heavy (non-hydrogen) atoms. The predicted octanol–water partition coefficient (Wildman–Crippen LogP) is 0.326. The molecule has 0 aromatic heterocycles. The maximum absolute atomic E-state index is 9.96. The topological polar surface area (TPSA) is 74.6 Å². The smallest absolute Gasteiger partial charge is 0.303 e. The number of aliphatic carboxylic acids is 2. The van der Waals surface area contributed by atoms with E-state index in [1.165, 1.54) is 0 Å². The molecule has 0 amide bonds. The summed E-state index contributed by atoms with van der Waals surface area (Å²) < 4.78 is 13.8. The summed E-state index contributed by atoms with van der Waals surface area (Å²) in [6.07, 6.45) is -3.71. The van der Waals surface area contributed by atoms with Crippen molar-refractivity contribution in [1.29, 1.82) is 0 Å². The Labute approximate surface area is 54.9 Å². The monoisotopic (exact) mass is 134 g/mol. The molecule has 0 spiro atoms. The Morgan fingerprint density at radius 1 is 1.22 bits per heavy atom. The number of hydrogen-bond donors (Lipinski definition) is 2. The van der Waals surface area contributed by atoms with Crippen LogP contribution < -0.4 is 0 Å². The van der Waals surface area contributed by atoms with Gasteiger partial charge < -0.3 is 10.2 Å². The summed E-state index contributed by atoms with van der Waals surface area (Å²) in [4.78, 5) is 19.9. The van der Waals surface area contributed by atoms with Crippen molar-refractivity contribution in [3.05, 3.63) is 0 Å². The molecule has 0 aliphatic heterocycles. The van der Waals surface area contributed by atoms with Gasteiger partial charge in [0.1, 0.15) is 0 Å². The molecule has 0 aromatic carbocycles. The van der Waals surface area contributed by atoms with Gasteiger partial charge in [-0.2, -0.15) is 0 Å². The summed E-state index contributed by atoms with van der Waals surface area (Å²) in [5, 5.41) is 16.3. The second-order valence-corrected chi connectivity index (χ2v) is 1.39. The quantitative estimate of drug-likeness (QED) is 0.580. The third kappa shape index (κ3) is 6.94. The highest BCUT2D eigenvalue weighted by Crippen LogP contribution is 1.93. The molecule has 0 aliphatic carbocycles. The van der Waals surface area contributed by atoms with E-state index in [0.29, 0.717) is 0 Å². The summed E-state index contributed by atoms with van der Waals surface area (Å²) in [5.41, 5.74) is 0. The third-order valence-electron chi connectivity index (χ3n) is 0.552. The minimum Gasteiger partial charge on any atom is -0.481 e. The fourth-order valence-electron chi connectivity index (χ4n) is 0.276. The lowest BCUT2D eigenvalue weighted by atomic mass is 10.2. The Balaban J connectivity index is 3.99. The van der Waals surface area contributed by atoms with Gasteiger partial charge in [-0.3, -0.25) is 9.59 Å². The van der Waals surface area contributed by atoms with Gasteiger partial charge >= 0.3 is 11.9 Å². The molecule has 0 saturated carbocycles. The molecule has 52 valence electrons. The first kappa shape index (κ1) is 4.78. The van der Waals surface area contributed by atoms with Crippen LogP contribution in [0.2, 0.25) is 0 Å². The largest absolute Gasteiger partial charge is 0.481 e. The van der Waals surface area contributed by atoms with Crippen molar-refractivity contribution in [3.63, 3.8) is 0 Å². The first-order valence-corrected chi connectivity index (χ1v) is 2.27. The number of carbonyl (C=O) groups is 2. The number of rotatable bonds is 4. The zero-order chi connectivity index (χ0) is 9.07. The Morgan fingerprint density at radius 3 is 1.78 bits per heavy atom. The van der Waals surface area contributed by atoms with Gasteiger partial charge in [0.25, 0.3) is 0 Å². The molecule has 0 saturated heterocycles. The van der Waals surface area contributed by atoms with E-state index in [4.69, 9.17) is 13.0 Å². The van der Waals surface area contributed by atoms with Crippen LogP contribution >= 0.6 is 0 Å². The van der Waals surface area contributed by atoms with Crippen LogP contribution in [-0.4, -0.2) is 22.2 Å². The average Bonchev–Trinajstić information content (AvgIpc) is 1.53. The summed E-state index contributed by atoms with van der Waals surface area (Å²) in [7, 11) is 0. The molecule has 0 atom stereocenters. The molecule has 4 nitrogen and oxygen atoms in total. The van der Waals surface area contributed by atoms with E-state index in [1.54, 1.807) is 0 Å². The number of carboxylic acid groups (broad SMARTS) is 2. The third-order valence-corrected chi connectivity index (χ3v) is 0.552. The van der Waals surface area contributed by atoms with Gasteiger partial charge in [0.2, 0.25) is 0 Å². The second kappa shape index (κ2) is 3.88. The van der Waals surface area contributed by atoms with Crippen LogP contribution in [0.1, 0.15) is 22.0 Å². The lowest BCUT2D eigenvalue weighted by Crippen LogP contribution is -1.98. The van der Waals surface area contributed by atoms with Gasteiger partial charge in [0.15, 0.2) is 0 Å². The predicted molar refractivity (Wildman–Crippen MR) is 29.1 cm³/mol. The highest BCUT2D eigenvalue weighted by Gasteiger charge is 1.99. The molecule has 0 bridgehead atoms. The van der Waals surface area contributed by atoms with E-state index >= 15 is 0 Å². The van der Waals surface area contributed by atoms with E-state index in [-0.39, 0.29) is 0 Å². The maximum Gasteiger partial charge on any atom is 0.303 e. The fraction of sp³-hybridized carbons (Fsp3) is 0.600. The van der Waals surface area contributed by atoms with Gasteiger partial charge in [0.05, 0.1) is 0 Å². The van der Waals surface area contributed by atoms with E-state index in [9.17, 15) is 9.59 Å². The van der Waals surface area contributed by atoms with Crippen molar-refractivity contribution in [3.8, 4) is 0 Å². The van der Waals surface area contributed by atoms with Crippen LogP contribution in [0.5, 0.6) is 0 Å². The molecule has 0 rings (SSSR count). The molecular formula is C5H8O4. The van der Waals surface area contributed by atoms with E-state index in [2.05, 4.69) is 0 Å². The Morgan fingerprint density at radius 2 is 1.56 bits per heavy atom. The standard InChI is InChI=1S/C5H8O4/c6-4(7)2-1-3-5(8)9/h1-3H2,(H,6,7)(H,8,9)/i1D2. The first-order valence-electron chi connectivity index (χ1n) is 3.27. The summed E-state index contributed by atoms with van der Waals surface area (Å²) in [5.74, 6) is -2.67. The average molecular weight is 134 g/mol. The van der Waals surface area contributed by atoms with Gasteiger partial charge in [-0.15, -0.1) is 0 Å². The summed E-state index contributed by atoms with van der Waals surface area (Å²) in [6, 6.07) is 0. The molecule has 4 heteroatoms. The van der Waals surface area contributed by atoms with Crippen molar-refractivity contribution in [2.75, 3.05) is 0 Å². The molecule has 0 heterocycles. The number of carboxylic acids is 2. The van der Waals surface area contributed by atoms with Crippen molar-refractivity contribution >= 4 is 11.9 Å². The Bertz CT molecular complexity index is 159. The van der Waals surface area contributed by atoms with E-state index < -0.39 is 31.2 Å². The van der Waals surface area contributed by atoms with Crippen molar-refractivity contribution < 1.29 is 22.5 Å². The van der Waals surface area contributed by atoms with Crippen LogP contribution in [0.15, 0.2) is 0 Å². The van der Waals surface area contributed by atoms with Crippen LogP contribution in [0.3, 0.4) is 0 Å². The molecular weight excluding hydrogens is 124 g/mol. The summed E-state index contributed by atoms with van der Waals surface area (Å²) in [6.45, 7) is 0. The Kier molecular flexibility index (Phi) is 2.06. The zero-order valence-electron chi connectivity index (χ0n) is 6.63. The minimum absolute atomic E-state index is 0.778.